The second-order valence-electron chi connectivity index (χ2n) is 6.51. The summed E-state index contributed by atoms with van der Waals surface area (Å²) in [6.45, 7) is 4.48. The van der Waals surface area contributed by atoms with Gasteiger partial charge in [0.25, 0.3) is 0 Å². The van der Waals surface area contributed by atoms with Crippen LogP contribution in [0.4, 0.5) is 0 Å². The highest BCUT2D eigenvalue weighted by molar-refractivity contribution is 5.81. The smallest absolute Gasteiger partial charge is 0.325 e. The molecule has 2 rings (SSSR count). The number of carbonyl (C=O) groups excluding carboxylic acids is 1. The summed E-state index contributed by atoms with van der Waals surface area (Å²) in [6, 6.07) is 1.03. The Bertz CT molecular complexity index is 348. The van der Waals surface area contributed by atoms with Gasteiger partial charge in [0.2, 0.25) is 0 Å². The second kappa shape index (κ2) is 5.38. The molecule has 0 amide bonds. The van der Waals surface area contributed by atoms with E-state index in [0.29, 0.717) is 18.0 Å². The highest BCUT2D eigenvalue weighted by Gasteiger charge is 2.46. The van der Waals surface area contributed by atoms with Crippen LogP contribution in [-0.2, 0) is 9.53 Å². The molecule has 2 fully saturated rings. The standard InChI is InChI=1S/C14H27N3O2/c1-10-8-17(9-12(10)16(2)3)11-5-6-14(15,7-11)13(18)19-4/h10-12H,5-9,15H2,1-4H3. The van der Waals surface area contributed by atoms with E-state index in [4.69, 9.17) is 10.5 Å². The lowest BCUT2D eigenvalue weighted by atomic mass is 9.99. The fraction of sp³-hybridized carbons (Fsp3) is 0.929. The molecule has 4 atom stereocenters. The molecule has 2 N–H and O–H groups in total. The lowest BCUT2D eigenvalue weighted by Crippen LogP contribution is -2.48. The van der Waals surface area contributed by atoms with E-state index in [0.717, 1.165) is 32.4 Å². The lowest BCUT2D eigenvalue weighted by molar-refractivity contribution is -0.146. The average molecular weight is 269 g/mol. The van der Waals surface area contributed by atoms with Crippen LogP contribution in [0.15, 0.2) is 0 Å². The van der Waals surface area contributed by atoms with Crippen molar-refractivity contribution in [2.45, 2.75) is 43.8 Å². The van der Waals surface area contributed by atoms with E-state index in [2.05, 4.69) is 30.8 Å². The molecule has 1 heterocycles. The Balaban J connectivity index is 1.97. The van der Waals surface area contributed by atoms with Gasteiger partial charge in [0.05, 0.1) is 7.11 Å². The quantitative estimate of drug-likeness (QED) is 0.746. The number of ether oxygens (including phenoxy) is 1. The van der Waals surface area contributed by atoms with E-state index in [1.807, 2.05) is 0 Å². The van der Waals surface area contributed by atoms with E-state index in [1.54, 1.807) is 0 Å². The normalized spacial score (nSPS) is 40.0. The third-order valence-electron chi connectivity index (χ3n) is 4.90. The van der Waals surface area contributed by atoms with Crippen LogP contribution in [-0.4, -0.2) is 67.7 Å². The van der Waals surface area contributed by atoms with Crippen molar-refractivity contribution >= 4 is 5.97 Å². The summed E-state index contributed by atoms with van der Waals surface area (Å²) in [7, 11) is 5.70. The van der Waals surface area contributed by atoms with Crippen LogP contribution in [0.25, 0.3) is 0 Å². The SMILES string of the molecule is COC(=O)C1(N)CCC(N2CC(C)C(N(C)C)C2)C1. The molecule has 1 aliphatic carbocycles. The van der Waals surface area contributed by atoms with E-state index in [-0.39, 0.29) is 5.97 Å². The Morgan fingerprint density at radius 1 is 1.42 bits per heavy atom. The van der Waals surface area contributed by atoms with Crippen molar-refractivity contribution in [2.24, 2.45) is 11.7 Å². The maximum absolute atomic E-state index is 11.8. The number of methoxy groups -OCH3 is 1. The van der Waals surface area contributed by atoms with Gasteiger partial charge < -0.3 is 15.4 Å². The largest absolute Gasteiger partial charge is 0.468 e. The molecule has 5 heteroatoms. The van der Waals surface area contributed by atoms with Crippen molar-refractivity contribution in [1.82, 2.24) is 9.80 Å². The third-order valence-corrected chi connectivity index (χ3v) is 4.90. The molecule has 0 bridgehead atoms. The van der Waals surface area contributed by atoms with Crippen LogP contribution in [0, 0.1) is 5.92 Å². The highest BCUT2D eigenvalue weighted by atomic mass is 16.5. The van der Waals surface area contributed by atoms with Gasteiger partial charge in [-0.1, -0.05) is 6.92 Å². The zero-order chi connectivity index (χ0) is 14.2. The molecule has 4 unspecified atom stereocenters. The van der Waals surface area contributed by atoms with Gasteiger partial charge >= 0.3 is 5.97 Å². The Labute approximate surface area is 116 Å². The average Bonchev–Trinajstić information content (AvgIpc) is 2.92. The van der Waals surface area contributed by atoms with Crippen molar-refractivity contribution in [2.75, 3.05) is 34.3 Å². The summed E-state index contributed by atoms with van der Waals surface area (Å²) in [4.78, 5) is 16.6. The van der Waals surface area contributed by atoms with Crippen LogP contribution in [0.2, 0.25) is 0 Å². The first-order valence-electron chi connectivity index (χ1n) is 7.15. The summed E-state index contributed by atoms with van der Waals surface area (Å²) in [5.74, 6) is 0.410. The minimum Gasteiger partial charge on any atom is -0.468 e. The van der Waals surface area contributed by atoms with Gasteiger partial charge in [0.15, 0.2) is 0 Å². The number of hydrogen-bond donors (Lipinski definition) is 1. The molecular weight excluding hydrogens is 242 g/mol. The van der Waals surface area contributed by atoms with Crippen LogP contribution in [0.1, 0.15) is 26.2 Å². The minimum atomic E-state index is -0.765. The summed E-state index contributed by atoms with van der Waals surface area (Å²) >= 11 is 0. The van der Waals surface area contributed by atoms with E-state index >= 15 is 0 Å². The van der Waals surface area contributed by atoms with Gasteiger partial charge in [-0.15, -0.1) is 0 Å². The van der Waals surface area contributed by atoms with E-state index in [9.17, 15) is 4.79 Å². The molecule has 1 saturated carbocycles. The minimum absolute atomic E-state index is 0.258. The van der Waals surface area contributed by atoms with E-state index < -0.39 is 5.54 Å². The Morgan fingerprint density at radius 2 is 2.11 bits per heavy atom. The predicted molar refractivity (Wildman–Crippen MR) is 74.8 cm³/mol. The molecule has 5 nitrogen and oxygen atoms in total. The first-order chi connectivity index (χ1) is 8.87. The number of esters is 1. The van der Waals surface area contributed by atoms with Gasteiger partial charge in [0, 0.05) is 25.2 Å². The molecule has 19 heavy (non-hydrogen) atoms. The fourth-order valence-electron chi connectivity index (χ4n) is 3.71. The number of rotatable bonds is 3. The van der Waals surface area contributed by atoms with Crippen LogP contribution in [0.5, 0.6) is 0 Å². The topological polar surface area (TPSA) is 58.8 Å². The fourth-order valence-corrected chi connectivity index (χ4v) is 3.71. The van der Waals surface area contributed by atoms with Gasteiger partial charge in [-0.2, -0.15) is 0 Å². The summed E-state index contributed by atoms with van der Waals surface area (Å²) in [6.07, 6.45) is 2.47. The maximum atomic E-state index is 11.8. The first kappa shape index (κ1) is 14.8. The second-order valence-corrected chi connectivity index (χ2v) is 6.51. The Hall–Kier alpha value is -0.650. The molecular formula is C14H27N3O2. The van der Waals surface area contributed by atoms with E-state index in [1.165, 1.54) is 7.11 Å². The van der Waals surface area contributed by atoms with Gasteiger partial charge in [-0.25, -0.2) is 0 Å². The molecule has 1 saturated heterocycles. The molecule has 0 radical (unpaired) electrons. The van der Waals surface area contributed by atoms with Gasteiger partial charge in [0.1, 0.15) is 5.54 Å². The zero-order valence-electron chi connectivity index (χ0n) is 12.6. The Kier molecular flexibility index (Phi) is 4.18. The Morgan fingerprint density at radius 3 is 2.63 bits per heavy atom. The van der Waals surface area contributed by atoms with Crippen LogP contribution >= 0.6 is 0 Å². The predicted octanol–water partition coefficient (Wildman–Crippen LogP) is 0.291. The summed E-state index contributed by atoms with van der Waals surface area (Å²) in [5.41, 5.74) is 5.42. The summed E-state index contributed by atoms with van der Waals surface area (Å²) in [5, 5.41) is 0. The molecule has 0 aromatic rings. The number of likely N-dealkylation sites (tertiary alicyclic amines) is 1. The highest BCUT2D eigenvalue weighted by Crippen LogP contribution is 2.35. The number of carbonyl (C=O) groups is 1. The van der Waals surface area contributed by atoms with Crippen molar-refractivity contribution in [3.05, 3.63) is 0 Å². The number of hydrogen-bond acceptors (Lipinski definition) is 5. The number of likely N-dealkylation sites (N-methyl/N-ethyl adjacent to an activating group) is 1. The van der Waals surface area contributed by atoms with Gasteiger partial charge in [-0.05, 0) is 39.3 Å². The zero-order valence-corrected chi connectivity index (χ0v) is 12.6. The molecule has 1 aliphatic heterocycles. The van der Waals surface area contributed by atoms with Crippen molar-refractivity contribution in [1.29, 1.82) is 0 Å². The van der Waals surface area contributed by atoms with Crippen LogP contribution < -0.4 is 5.73 Å². The monoisotopic (exact) mass is 269 g/mol. The molecule has 0 spiro atoms. The summed E-state index contributed by atoms with van der Waals surface area (Å²) < 4.78 is 4.84. The molecule has 110 valence electrons. The maximum Gasteiger partial charge on any atom is 0.325 e. The lowest BCUT2D eigenvalue weighted by Gasteiger charge is -2.27. The van der Waals surface area contributed by atoms with Gasteiger partial charge in [-0.3, -0.25) is 9.69 Å². The number of nitrogens with two attached hydrogens (primary N) is 1. The molecule has 0 aromatic carbocycles. The van der Waals surface area contributed by atoms with Crippen molar-refractivity contribution in [3.63, 3.8) is 0 Å². The van der Waals surface area contributed by atoms with Crippen molar-refractivity contribution in [3.8, 4) is 0 Å². The van der Waals surface area contributed by atoms with Crippen LogP contribution in [0.3, 0.4) is 0 Å². The third kappa shape index (κ3) is 2.78. The van der Waals surface area contributed by atoms with Crippen molar-refractivity contribution < 1.29 is 9.53 Å². The molecule has 0 aromatic heterocycles. The molecule has 2 aliphatic rings. The first-order valence-corrected chi connectivity index (χ1v) is 7.15. The number of nitrogens with zero attached hydrogens (tertiary/aromatic N) is 2.